The molecule has 0 bridgehead atoms. The summed E-state index contributed by atoms with van der Waals surface area (Å²) < 4.78 is 1.86. The number of rotatable bonds is 5. The third kappa shape index (κ3) is 3.32. The monoisotopic (exact) mass is 374 g/mol. The first-order valence-corrected chi connectivity index (χ1v) is 9.11. The Morgan fingerprint density at radius 3 is 2.56 bits per heavy atom. The first kappa shape index (κ1) is 17.3. The van der Waals surface area contributed by atoms with E-state index in [1.807, 2.05) is 66.2 Å². The summed E-state index contributed by atoms with van der Waals surface area (Å²) in [4.78, 5) is 4.84. The van der Waals surface area contributed by atoms with E-state index in [0.29, 0.717) is 11.4 Å². The number of halogens is 1. The van der Waals surface area contributed by atoms with Crippen molar-refractivity contribution in [2.24, 2.45) is 0 Å². The van der Waals surface area contributed by atoms with E-state index >= 15 is 0 Å². The number of hydrogen-bond acceptors (Lipinski definition) is 3. The number of aryl methyl sites for hydroxylation is 1. The third-order valence-electron chi connectivity index (χ3n) is 4.49. The number of nitrogens with zero attached hydrogens (tertiary/aromatic N) is 3. The molecular weight excluding hydrogens is 356 g/mol. The van der Waals surface area contributed by atoms with Crippen LogP contribution < -0.4 is 5.32 Å². The lowest BCUT2D eigenvalue weighted by Gasteiger charge is -2.15. The normalized spacial score (nSPS) is 10.9. The Balaban J connectivity index is 1.91. The van der Waals surface area contributed by atoms with Gasteiger partial charge in [-0.15, -0.1) is 6.58 Å². The van der Waals surface area contributed by atoms with Gasteiger partial charge in [-0.05, 0) is 43.2 Å². The maximum Gasteiger partial charge on any atom is 0.165 e. The van der Waals surface area contributed by atoms with Gasteiger partial charge in [-0.1, -0.05) is 48.0 Å². The van der Waals surface area contributed by atoms with Crippen molar-refractivity contribution in [1.82, 2.24) is 14.6 Å². The van der Waals surface area contributed by atoms with Crippen molar-refractivity contribution in [1.29, 1.82) is 0 Å². The third-order valence-corrected chi connectivity index (χ3v) is 4.74. The van der Waals surface area contributed by atoms with E-state index in [0.717, 1.165) is 39.5 Å². The highest BCUT2D eigenvalue weighted by Gasteiger charge is 2.17. The van der Waals surface area contributed by atoms with Gasteiger partial charge in [-0.2, -0.15) is 9.61 Å². The van der Waals surface area contributed by atoms with Crippen molar-refractivity contribution < 1.29 is 0 Å². The largest absolute Gasteiger partial charge is 0.340 e. The Bertz CT molecular complexity index is 1100. The maximum atomic E-state index is 6.02. The van der Waals surface area contributed by atoms with Crippen LogP contribution in [0.1, 0.15) is 11.3 Å². The predicted molar refractivity (Wildman–Crippen MR) is 112 cm³/mol. The summed E-state index contributed by atoms with van der Waals surface area (Å²) in [6, 6.07) is 17.8. The van der Waals surface area contributed by atoms with Gasteiger partial charge in [0.05, 0.1) is 6.20 Å². The number of benzene rings is 2. The van der Waals surface area contributed by atoms with Gasteiger partial charge in [-0.25, -0.2) is 4.98 Å². The molecular formula is C22H19ClN4. The summed E-state index contributed by atoms with van der Waals surface area (Å²) >= 11 is 6.02. The minimum Gasteiger partial charge on any atom is -0.340 e. The van der Waals surface area contributed by atoms with E-state index in [-0.39, 0.29) is 0 Å². The fourth-order valence-corrected chi connectivity index (χ4v) is 3.27. The molecule has 27 heavy (non-hydrogen) atoms. The molecule has 2 heterocycles. The van der Waals surface area contributed by atoms with Gasteiger partial charge in [0.25, 0.3) is 0 Å². The zero-order chi connectivity index (χ0) is 18.8. The van der Waals surface area contributed by atoms with Crippen LogP contribution >= 0.6 is 11.6 Å². The average Bonchev–Trinajstić information content (AvgIpc) is 3.10. The number of fused-ring (bicyclic) bond motifs is 1. The second-order valence-electron chi connectivity index (χ2n) is 6.31. The molecule has 0 amide bonds. The van der Waals surface area contributed by atoms with Crippen molar-refractivity contribution in [3.8, 4) is 11.1 Å². The maximum absolute atomic E-state index is 6.02. The summed E-state index contributed by atoms with van der Waals surface area (Å²) in [6.07, 6.45) is 4.44. The Kier molecular flexibility index (Phi) is 4.65. The van der Waals surface area contributed by atoms with Crippen LogP contribution in [0.5, 0.6) is 0 Å². The lowest BCUT2D eigenvalue weighted by Crippen LogP contribution is -2.08. The molecule has 2 aromatic carbocycles. The zero-order valence-electron chi connectivity index (χ0n) is 15.0. The first-order valence-electron chi connectivity index (χ1n) is 8.73. The predicted octanol–water partition coefficient (Wildman–Crippen LogP) is 5.83. The summed E-state index contributed by atoms with van der Waals surface area (Å²) in [5.41, 5.74) is 5.87. The molecule has 5 heteroatoms. The van der Waals surface area contributed by atoms with Crippen LogP contribution in [0.15, 0.2) is 73.4 Å². The first-order chi connectivity index (χ1) is 13.2. The highest BCUT2D eigenvalue weighted by molar-refractivity contribution is 6.30. The number of hydrogen-bond donors (Lipinski definition) is 1. The van der Waals surface area contributed by atoms with Gasteiger partial charge in [0, 0.05) is 27.5 Å². The SMILES string of the molecule is C=CCc1c(C)nc2c(-c3ccccc3)cnn2c1Nc1ccc(Cl)cc1. The average molecular weight is 375 g/mol. The molecule has 0 unspecified atom stereocenters. The summed E-state index contributed by atoms with van der Waals surface area (Å²) in [6.45, 7) is 5.91. The van der Waals surface area contributed by atoms with Gasteiger partial charge >= 0.3 is 0 Å². The van der Waals surface area contributed by atoms with Gasteiger partial charge < -0.3 is 5.32 Å². The van der Waals surface area contributed by atoms with Crippen LogP contribution in [-0.2, 0) is 6.42 Å². The number of nitrogens with one attached hydrogen (secondary N) is 1. The Morgan fingerprint density at radius 1 is 1.11 bits per heavy atom. The molecule has 0 atom stereocenters. The van der Waals surface area contributed by atoms with E-state index in [4.69, 9.17) is 16.6 Å². The molecule has 0 aliphatic rings. The minimum absolute atomic E-state index is 0.700. The Labute approximate surface area is 163 Å². The van der Waals surface area contributed by atoms with Crippen LogP contribution in [0.2, 0.25) is 5.02 Å². The van der Waals surface area contributed by atoms with Crippen LogP contribution in [-0.4, -0.2) is 14.6 Å². The smallest absolute Gasteiger partial charge is 0.165 e. The molecule has 2 aromatic heterocycles. The summed E-state index contributed by atoms with van der Waals surface area (Å²) in [7, 11) is 0. The lowest BCUT2D eigenvalue weighted by atomic mass is 10.1. The molecule has 1 N–H and O–H groups in total. The molecule has 4 rings (SSSR count). The molecule has 0 saturated heterocycles. The topological polar surface area (TPSA) is 42.2 Å². The van der Waals surface area contributed by atoms with Crippen molar-refractivity contribution in [2.45, 2.75) is 13.3 Å². The lowest BCUT2D eigenvalue weighted by molar-refractivity contribution is 0.915. The van der Waals surface area contributed by atoms with E-state index in [1.54, 1.807) is 0 Å². The summed E-state index contributed by atoms with van der Waals surface area (Å²) in [5, 5.41) is 8.81. The van der Waals surface area contributed by atoms with Gasteiger partial charge in [0.2, 0.25) is 0 Å². The van der Waals surface area contributed by atoms with Crippen LogP contribution in [0.25, 0.3) is 16.8 Å². The molecule has 0 radical (unpaired) electrons. The van der Waals surface area contributed by atoms with E-state index in [9.17, 15) is 0 Å². The molecule has 0 spiro atoms. The van der Waals surface area contributed by atoms with Gasteiger partial charge in [-0.3, -0.25) is 0 Å². The van der Waals surface area contributed by atoms with Crippen LogP contribution in [0, 0.1) is 6.92 Å². The minimum atomic E-state index is 0.700. The van der Waals surface area contributed by atoms with E-state index < -0.39 is 0 Å². The molecule has 4 nitrogen and oxygen atoms in total. The van der Waals surface area contributed by atoms with Crippen LogP contribution in [0.4, 0.5) is 11.5 Å². The zero-order valence-corrected chi connectivity index (χ0v) is 15.7. The molecule has 0 aliphatic carbocycles. The van der Waals surface area contributed by atoms with Gasteiger partial charge in [0.15, 0.2) is 5.65 Å². The standard InChI is InChI=1S/C22H19ClN4/c1-3-7-19-15(2)25-22-20(16-8-5-4-6-9-16)14-24-27(22)21(19)26-18-12-10-17(23)11-13-18/h3-6,8-14,26H,1,7H2,2H3. The highest BCUT2D eigenvalue weighted by Crippen LogP contribution is 2.30. The highest BCUT2D eigenvalue weighted by atomic mass is 35.5. The Hall–Kier alpha value is -3.11. The van der Waals surface area contributed by atoms with Crippen molar-refractivity contribution >= 4 is 28.8 Å². The van der Waals surface area contributed by atoms with E-state index in [2.05, 4.69) is 29.1 Å². The molecule has 0 fully saturated rings. The van der Waals surface area contributed by atoms with Gasteiger partial charge in [0.1, 0.15) is 5.82 Å². The second kappa shape index (κ2) is 7.25. The van der Waals surface area contributed by atoms with Crippen LogP contribution in [0.3, 0.4) is 0 Å². The molecule has 0 aliphatic heterocycles. The van der Waals surface area contributed by atoms with E-state index in [1.165, 1.54) is 0 Å². The quantitative estimate of drug-likeness (QED) is 0.447. The number of anilines is 2. The molecule has 4 aromatic rings. The molecule has 0 saturated carbocycles. The summed E-state index contributed by atoms with van der Waals surface area (Å²) in [5.74, 6) is 0.891. The fraction of sp³-hybridized carbons (Fsp3) is 0.0909. The molecule has 134 valence electrons. The Morgan fingerprint density at radius 2 is 1.85 bits per heavy atom. The second-order valence-corrected chi connectivity index (χ2v) is 6.75. The fourth-order valence-electron chi connectivity index (χ4n) is 3.15. The van der Waals surface area contributed by atoms with Crippen molar-refractivity contribution in [2.75, 3.05) is 5.32 Å². The van der Waals surface area contributed by atoms with Crippen molar-refractivity contribution in [3.05, 3.63) is 89.7 Å². The number of allylic oxidation sites excluding steroid dienone is 1. The van der Waals surface area contributed by atoms with Crippen molar-refractivity contribution in [3.63, 3.8) is 0 Å². The number of aromatic nitrogens is 3.